The standard InChI is InChI=1S/C15H21N2O2/c1-19-14-4-2-3-13(11-14)15(18)12-17-8-5-16(6-9-17)7-10-17/h2-4,11H,5-10,12H2,1H3/q+1. The van der Waals surface area contributed by atoms with Crippen molar-refractivity contribution in [1.82, 2.24) is 4.90 Å². The Morgan fingerprint density at radius 1 is 1.26 bits per heavy atom. The summed E-state index contributed by atoms with van der Waals surface area (Å²) in [5.41, 5.74) is 0.778. The molecule has 102 valence electrons. The van der Waals surface area contributed by atoms with Crippen molar-refractivity contribution in [3.05, 3.63) is 29.8 Å². The molecule has 3 heterocycles. The van der Waals surface area contributed by atoms with Crippen LogP contribution in [0.2, 0.25) is 0 Å². The molecule has 4 heteroatoms. The van der Waals surface area contributed by atoms with Crippen LogP contribution in [0.1, 0.15) is 10.4 Å². The van der Waals surface area contributed by atoms with Gasteiger partial charge in [-0.2, -0.15) is 0 Å². The van der Waals surface area contributed by atoms with Crippen LogP contribution in [-0.4, -0.2) is 68.1 Å². The van der Waals surface area contributed by atoms with E-state index in [1.54, 1.807) is 7.11 Å². The number of carbonyl (C=O) groups excluding carboxylic acids is 1. The number of Topliss-reactive ketones (excluding diaryl/α,β-unsaturated/α-hetero) is 1. The summed E-state index contributed by atoms with van der Waals surface area (Å²) < 4.78 is 6.17. The minimum Gasteiger partial charge on any atom is -0.497 e. The third-order valence-electron chi connectivity index (χ3n) is 4.54. The molecule has 1 aromatic rings. The summed E-state index contributed by atoms with van der Waals surface area (Å²) in [5, 5.41) is 0. The van der Waals surface area contributed by atoms with Gasteiger partial charge in [0.15, 0.2) is 0 Å². The van der Waals surface area contributed by atoms with Crippen molar-refractivity contribution in [2.75, 3.05) is 52.9 Å². The minimum absolute atomic E-state index is 0.245. The van der Waals surface area contributed by atoms with Crippen LogP contribution in [-0.2, 0) is 0 Å². The van der Waals surface area contributed by atoms with Gasteiger partial charge in [0.2, 0.25) is 5.78 Å². The van der Waals surface area contributed by atoms with Crippen molar-refractivity contribution >= 4 is 5.78 Å². The molecule has 0 aliphatic carbocycles. The van der Waals surface area contributed by atoms with Crippen LogP contribution in [0.4, 0.5) is 0 Å². The lowest BCUT2D eigenvalue weighted by molar-refractivity contribution is -0.933. The van der Waals surface area contributed by atoms with Gasteiger partial charge < -0.3 is 9.22 Å². The number of fused-ring (bicyclic) bond motifs is 3. The summed E-state index contributed by atoms with van der Waals surface area (Å²) in [6.07, 6.45) is 0. The molecule has 0 atom stereocenters. The van der Waals surface area contributed by atoms with E-state index in [9.17, 15) is 4.79 Å². The molecular weight excluding hydrogens is 240 g/mol. The summed E-state index contributed by atoms with van der Waals surface area (Å²) in [6, 6.07) is 7.51. The number of ketones is 1. The summed E-state index contributed by atoms with van der Waals surface area (Å²) in [7, 11) is 1.63. The van der Waals surface area contributed by atoms with Crippen molar-refractivity contribution in [2.45, 2.75) is 0 Å². The number of rotatable bonds is 4. The highest BCUT2D eigenvalue weighted by atomic mass is 16.5. The molecule has 0 spiro atoms. The topological polar surface area (TPSA) is 29.5 Å². The monoisotopic (exact) mass is 261 g/mol. The molecule has 3 aliphatic rings. The zero-order valence-electron chi connectivity index (χ0n) is 11.5. The number of hydrogen-bond acceptors (Lipinski definition) is 3. The highest BCUT2D eigenvalue weighted by molar-refractivity contribution is 5.97. The minimum atomic E-state index is 0.245. The van der Waals surface area contributed by atoms with E-state index >= 15 is 0 Å². The van der Waals surface area contributed by atoms with E-state index in [0.29, 0.717) is 6.54 Å². The van der Waals surface area contributed by atoms with Crippen molar-refractivity contribution in [3.63, 3.8) is 0 Å². The van der Waals surface area contributed by atoms with Crippen molar-refractivity contribution in [3.8, 4) is 5.75 Å². The zero-order valence-corrected chi connectivity index (χ0v) is 11.5. The third-order valence-corrected chi connectivity index (χ3v) is 4.54. The first-order valence-electron chi connectivity index (χ1n) is 6.96. The first kappa shape index (κ1) is 12.6. The van der Waals surface area contributed by atoms with Gasteiger partial charge in [0, 0.05) is 25.2 Å². The number of benzene rings is 1. The number of hydrogen-bond donors (Lipinski definition) is 0. The highest BCUT2D eigenvalue weighted by Gasteiger charge is 2.39. The van der Waals surface area contributed by atoms with Gasteiger partial charge in [0.1, 0.15) is 12.3 Å². The van der Waals surface area contributed by atoms with Crippen molar-refractivity contribution in [1.29, 1.82) is 0 Å². The fraction of sp³-hybridized carbons (Fsp3) is 0.533. The lowest BCUT2D eigenvalue weighted by Gasteiger charge is -2.50. The molecule has 0 unspecified atom stereocenters. The largest absolute Gasteiger partial charge is 0.497 e. The van der Waals surface area contributed by atoms with E-state index in [1.165, 1.54) is 0 Å². The number of carbonyl (C=O) groups is 1. The molecule has 1 aromatic carbocycles. The average molecular weight is 261 g/mol. The molecule has 0 radical (unpaired) electrons. The zero-order chi connectivity index (χ0) is 13.3. The van der Waals surface area contributed by atoms with Crippen LogP contribution in [0.5, 0.6) is 5.75 Å². The van der Waals surface area contributed by atoms with Gasteiger partial charge in [-0.25, -0.2) is 0 Å². The average Bonchev–Trinajstić information content (AvgIpc) is 2.49. The molecule has 19 heavy (non-hydrogen) atoms. The van der Waals surface area contributed by atoms with Crippen LogP contribution in [0, 0.1) is 0 Å². The van der Waals surface area contributed by atoms with Gasteiger partial charge in [-0.3, -0.25) is 9.69 Å². The molecule has 0 amide bonds. The molecule has 3 saturated heterocycles. The van der Waals surface area contributed by atoms with Gasteiger partial charge in [0.05, 0.1) is 26.7 Å². The van der Waals surface area contributed by atoms with Crippen LogP contribution in [0.3, 0.4) is 0 Å². The van der Waals surface area contributed by atoms with Gasteiger partial charge in [-0.15, -0.1) is 0 Å². The van der Waals surface area contributed by atoms with Gasteiger partial charge >= 0.3 is 0 Å². The molecule has 0 N–H and O–H groups in total. The molecule has 3 fully saturated rings. The maximum atomic E-state index is 12.5. The molecular formula is C15H21N2O2+. The smallest absolute Gasteiger partial charge is 0.217 e. The van der Waals surface area contributed by atoms with E-state index < -0.39 is 0 Å². The Kier molecular flexibility index (Phi) is 3.29. The third kappa shape index (κ3) is 2.51. The van der Waals surface area contributed by atoms with Crippen LogP contribution < -0.4 is 4.74 Å². The van der Waals surface area contributed by atoms with E-state index in [0.717, 1.165) is 55.1 Å². The number of ether oxygens (including phenoxy) is 1. The second kappa shape index (κ2) is 4.94. The Morgan fingerprint density at radius 2 is 1.95 bits per heavy atom. The first-order valence-corrected chi connectivity index (χ1v) is 6.96. The summed E-state index contributed by atoms with van der Waals surface area (Å²) in [4.78, 5) is 15.0. The molecule has 0 saturated carbocycles. The Hall–Kier alpha value is -1.39. The summed E-state index contributed by atoms with van der Waals surface area (Å²) >= 11 is 0. The molecule has 4 rings (SSSR count). The maximum absolute atomic E-state index is 12.5. The fourth-order valence-electron chi connectivity index (χ4n) is 3.16. The van der Waals surface area contributed by atoms with Crippen LogP contribution in [0.15, 0.2) is 24.3 Å². The van der Waals surface area contributed by atoms with Crippen molar-refractivity contribution in [2.24, 2.45) is 0 Å². The van der Waals surface area contributed by atoms with Crippen molar-refractivity contribution < 1.29 is 14.0 Å². The molecule has 4 nitrogen and oxygen atoms in total. The Labute approximate surface area is 114 Å². The Balaban J connectivity index is 1.73. The number of methoxy groups -OCH3 is 1. The highest BCUT2D eigenvalue weighted by Crippen LogP contribution is 2.21. The Morgan fingerprint density at radius 3 is 2.58 bits per heavy atom. The van der Waals surface area contributed by atoms with E-state index in [1.807, 2.05) is 24.3 Å². The fourth-order valence-corrected chi connectivity index (χ4v) is 3.16. The van der Waals surface area contributed by atoms with Gasteiger partial charge in [-0.1, -0.05) is 12.1 Å². The second-order valence-electron chi connectivity index (χ2n) is 5.67. The van der Waals surface area contributed by atoms with E-state index in [2.05, 4.69) is 4.90 Å². The number of nitrogens with zero attached hydrogens (tertiary/aromatic N) is 2. The Bertz CT molecular complexity index is 465. The number of piperazine rings is 3. The summed E-state index contributed by atoms with van der Waals surface area (Å²) in [6.45, 7) is 7.43. The van der Waals surface area contributed by atoms with Gasteiger partial charge in [0.25, 0.3) is 0 Å². The van der Waals surface area contributed by atoms with Crippen LogP contribution >= 0.6 is 0 Å². The lowest BCUT2D eigenvalue weighted by Crippen LogP contribution is -2.68. The van der Waals surface area contributed by atoms with E-state index in [4.69, 9.17) is 4.74 Å². The molecule has 2 bridgehead atoms. The maximum Gasteiger partial charge on any atom is 0.217 e. The summed E-state index contributed by atoms with van der Waals surface area (Å²) in [5.74, 6) is 1.00. The van der Waals surface area contributed by atoms with Gasteiger partial charge in [-0.05, 0) is 12.1 Å². The van der Waals surface area contributed by atoms with Crippen LogP contribution in [0.25, 0.3) is 0 Å². The quantitative estimate of drug-likeness (QED) is 0.599. The number of quaternary nitrogens is 1. The normalized spacial score (nSPS) is 29.2. The second-order valence-corrected chi connectivity index (χ2v) is 5.67. The SMILES string of the molecule is COc1cccc(C(=O)C[N+]23CCN(CC2)CC3)c1. The molecule has 0 aromatic heterocycles. The predicted octanol–water partition coefficient (Wildman–Crippen LogP) is 1.02. The predicted molar refractivity (Wildman–Crippen MR) is 73.5 cm³/mol. The van der Waals surface area contributed by atoms with E-state index in [-0.39, 0.29) is 5.78 Å². The molecule has 3 aliphatic heterocycles. The first-order chi connectivity index (χ1) is 9.21. The lowest BCUT2D eigenvalue weighted by atomic mass is 10.1.